The molecule has 0 radical (unpaired) electrons. The van der Waals surface area contributed by atoms with Crippen molar-refractivity contribution in [2.24, 2.45) is 0 Å². The lowest BCUT2D eigenvalue weighted by Crippen LogP contribution is -1.98. The standard InChI is InChI=1S/C12H13NO2S2/c1-3-4-8-10(12(14)15)17-11(13-8)9-6-5-7(2)16-9/h5-6H,3-4H2,1-2H3,(H,14,15). The maximum Gasteiger partial charge on any atom is 0.347 e. The van der Waals surface area contributed by atoms with E-state index in [0.29, 0.717) is 10.6 Å². The SMILES string of the molecule is CCCc1nc(-c2ccc(C)s2)sc1C(=O)O. The van der Waals surface area contributed by atoms with E-state index in [-0.39, 0.29) is 0 Å². The molecular weight excluding hydrogens is 254 g/mol. The van der Waals surface area contributed by atoms with Crippen LogP contribution in [0.25, 0.3) is 9.88 Å². The normalized spacial score (nSPS) is 10.7. The van der Waals surface area contributed by atoms with Gasteiger partial charge < -0.3 is 5.11 Å². The quantitative estimate of drug-likeness (QED) is 0.915. The van der Waals surface area contributed by atoms with Gasteiger partial charge in [0.15, 0.2) is 0 Å². The maximum absolute atomic E-state index is 11.1. The second-order valence-electron chi connectivity index (χ2n) is 3.76. The predicted molar refractivity (Wildman–Crippen MR) is 71.1 cm³/mol. The summed E-state index contributed by atoms with van der Waals surface area (Å²) in [7, 11) is 0. The molecule has 0 amide bonds. The highest BCUT2D eigenvalue weighted by molar-refractivity contribution is 7.22. The molecule has 17 heavy (non-hydrogen) atoms. The van der Waals surface area contributed by atoms with Crippen LogP contribution in [0.4, 0.5) is 0 Å². The first-order valence-electron chi connectivity index (χ1n) is 5.41. The van der Waals surface area contributed by atoms with Gasteiger partial charge >= 0.3 is 5.97 Å². The zero-order valence-corrected chi connectivity index (χ0v) is 11.3. The minimum absolute atomic E-state index is 0.382. The highest BCUT2D eigenvalue weighted by atomic mass is 32.1. The number of thiazole rings is 1. The van der Waals surface area contributed by atoms with Crippen LogP contribution in [0.5, 0.6) is 0 Å². The van der Waals surface area contributed by atoms with Crippen molar-refractivity contribution in [2.75, 3.05) is 0 Å². The molecule has 5 heteroatoms. The van der Waals surface area contributed by atoms with Gasteiger partial charge in [0, 0.05) is 4.88 Å². The van der Waals surface area contributed by atoms with Gasteiger partial charge in [-0.1, -0.05) is 13.3 Å². The first-order valence-corrected chi connectivity index (χ1v) is 7.05. The molecular formula is C12H13NO2S2. The zero-order valence-electron chi connectivity index (χ0n) is 9.69. The van der Waals surface area contributed by atoms with Crippen molar-refractivity contribution in [2.45, 2.75) is 26.7 Å². The summed E-state index contributed by atoms with van der Waals surface area (Å²) in [5.41, 5.74) is 0.714. The minimum Gasteiger partial charge on any atom is -0.477 e. The Bertz CT molecular complexity index is 542. The van der Waals surface area contributed by atoms with Gasteiger partial charge in [-0.3, -0.25) is 0 Å². The molecule has 0 aliphatic rings. The van der Waals surface area contributed by atoms with Crippen LogP contribution in [0.1, 0.15) is 33.6 Å². The Kier molecular flexibility index (Phi) is 3.59. The molecule has 1 N–H and O–H groups in total. The Labute approximate surface area is 108 Å². The van der Waals surface area contributed by atoms with Crippen molar-refractivity contribution in [3.05, 3.63) is 27.6 Å². The van der Waals surface area contributed by atoms with Gasteiger partial charge in [0.1, 0.15) is 9.88 Å². The molecule has 0 fully saturated rings. The lowest BCUT2D eigenvalue weighted by Gasteiger charge is -1.93. The second kappa shape index (κ2) is 4.98. The fourth-order valence-electron chi connectivity index (χ4n) is 1.58. The highest BCUT2D eigenvalue weighted by Gasteiger charge is 2.18. The van der Waals surface area contributed by atoms with E-state index >= 15 is 0 Å². The summed E-state index contributed by atoms with van der Waals surface area (Å²) in [6, 6.07) is 4.03. The topological polar surface area (TPSA) is 50.2 Å². The summed E-state index contributed by atoms with van der Waals surface area (Å²) in [5.74, 6) is -0.870. The second-order valence-corrected chi connectivity index (χ2v) is 6.05. The minimum atomic E-state index is -0.870. The van der Waals surface area contributed by atoms with Crippen LogP contribution >= 0.6 is 22.7 Å². The van der Waals surface area contributed by atoms with Gasteiger partial charge in [-0.15, -0.1) is 22.7 Å². The molecule has 0 aliphatic carbocycles. The molecule has 2 aromatic rings. The molecule has 2 heterocycles. The first-order chi connectivity index (χ1) is 8.11. The number of aryl methyl sites for hydroxylation is 2. The van der Waals surface area contributed by atoms with E-state index in [4.69, 9.17) is 5.11 Å². The lowest BCUT2D eigenvalue weighted by atomic mass is 10.2. The Morgan fingerprint density at radius 2 is 2.18 bits per heavy atom. The van der Waals surface area contributed by atoms with Crippen molar-refractivity contribution in [3.63, 3.8) is 0 Å². The molecule has 0 aromatic carbocycles. The average Bonchev–Trinajstić information content (AvgIpc) is 2.85. The van der Waals surface area contributed by atoms with Gasteiger partial charge in [0.2, 0.25) is 0 Å². The number of nitrogens with zero attached hydrogens (tertiary/aromatic N) is 1. The van der Waals surface area contributed by atoms with Crippen molar-refractivity contribution >= 4 is 28.6 Å². The molecule has 0 saturated heterocycles. The van der Waals surface area contributed by atoms with E-state index < -0.39 is 5.97 Å². The Morgan fingerprint density at radius 3 is 2.71 bits per heavy atom. The average molecular weight is 267 g/mol. The van der Waals surface area contributed by atoms with E-state index in [0.717, 1.165) is 22.7 Å². The molecule has 2 rings (SSSR count). The molecule has 0 unspecified atom stereocenters. The predicted octanol–water partition coefficient (Wildman–Crippen LogP) is 3.83. The molecule has 90 valence electrons. The lowest BCUT2D eigenvalue weighted by molar-refractivity contribution is 0.0700. The summed E-state index contributed by atoms with van der Waals surface area (Å²) >= 11 is 2.92. The van der Waals surface area contributed by atoms with Crippen LogP contribution in [-0.4, -0.2) is 16.1 Å². The van der Waals surface area contributed by atoms with Crippen LogP contribution in [-0.2, 0) is 6.42 Å². The molecule has 0 bridgehead atoms. The number of hydrogen-bond donors (Lipinski definition) is 1. The molecule has 0 saturated carbocycles. The number of aromatic nitrogens is 1. The number of hydrogen-bond acceptors (Lipinski definition) is 4. The summed E-state index contributed by atoms with van der Waals surface area (Å²) in [4.78, 5) is 18.2. The third-order valence-electron chi connectivity index (χ3n) is 2.33. The highest BCUT2D eigenvalue weighted by Crippen LogP contribution is 2.33. The van der Waals surface area contributed by atoms with E-state index in [1.165, 1.54) is 16.2 Å². The fraction of sp³-hybridized carbons (Fsp3) is 0.333. The Morgan fingerprint density at radius 1 is 1.41 bits per heavy atom. The summed E-state index contributed by atoms with van der Waals surface area (Å²) < 4.78 is 0. The summed E-state index contributed by atoms with van der Waals surface area (Å²) in [6.45, 7) is 4.06. The van der Waals surface area contributed by atoms with Crippen LogP contribution < -0.4 is 0 Å². The Balaban J connectivity index is 2.43. The van der Waals surface area contributed by atoms with Crippen LogP contribution in [0, 0.1) is 6.92 Å². The number of carboxylic acid groups (broad SMARTS) is 1. The van der Waals surface area contributed by atoms with E-state index in [1.807, 2.05) is 26.0 Å². The van der Waals surface area contributed by atoms with Gasteiger partial charge in [0.25, 0.3) is 0 Å². The molecule has 3 nitrogen and oxygen atoms in total. The summed E-state index contributed by atoms with van der Waals surface area (Å²) in [5, 5.41) is 9.95. The third-order valence-corrected chi connectivity index (χ3v) is 4.59. The van der Waals surface area contributed by atoms with Crippen molar-refractivity contribution < 1.29 is 9.90 Å². The third kappa shape index (κ3) is 2.56. The van der Waals surface area contributed by atoms with Gasteiger partial charge in [0.05, 0.1) is 10.6 Å². The molecule has 2 aromatic heterocycles. The monoisotopic (exact) mass is 267 g/mol. The number of rotatable bonds is 4. The summed E-state index contributed by atoms with van der Waals surface area (Å²) in [6.07, 6.45) is 1.63. The van der Waals surface area contributed by atoms with Crippen LogP contribution in [0.15, 0.2) is 12.1 Å². The van der Waals surface area contributed by atoms with Crippen molar-refractivity contribution in [1.82, 2.24) is 4.98 Å². The van der Waals surface area contributed by atoms with Crippen LogP contribution in [0.2, 0.25) is 0 Å². The van der Waals surface area contributed by atoms with E-state index in [1.54, 1.807) is 11.3 Å². The molecule has 0 atom stereocenters. The fourth-order valence-corrected chi connectivity index (χ4v) is 3.45. The van der Waals surface area contributed by atoms with Crippen LogP contribution in [0.3, 0.4) is 0 Å². The van der Waals surface area contributed by atoms with E-state index in [9.17, 15) is 4.79 Å². The van der Waals surface area contributed by atoms with Gasteiger partial charge in [-0.2, -0.15) is 0 Å². The van der Waals surface area contributed by atoms with Crippen molar-refractivity contribution in [3.8, 4) is 9.88 Å². The number of thiophene rings is 1. The maximum atomic E-state index is 11.1. The number of aromatic carboxylic acids is 1. The first kappa shape index (κ1) is 12.3. The molecule has 0 spiro atoms. The van der Waals surface area contributed by atoms with Crippen molar-refractivity contribution in [1.29, 1.82) is 0 Å². The van der Waals surface area contributed by atoms with Gasteiger partial charge in [-0.25, -0.2) is 9.78 Å². The Hall–Kier alpha value is -1.20. The smallest absolute Gasteiger partial charge is 0.347 e. The number of carboxylic acids is 1. The largest absolute Gasteiger partial charge is 0.477 e. The van der Waals surface area contributed by atoms with E-state index in [2.05, 4.69) is 4.98 Å². The number of carbonyl (C=O) groups is 1. The van der Waals surface area contributed by atoms with Gasteiger partial charge in [-0.05, 0) is 25.5 Å². The molecule has 0 aliphatic heterocycles. The zero-order chi connectivity index (χ0) is 12.4.